The first-order chi connectivity index (χ1) is 6.50. The van der Waals surface area contributed by atoms with E-state index in [0.717, 1.165) is 13.2 Å². The maximum absolute atomic E-state index is 11.5. The fourth-order valence-electron chi connectivity index (χ4n) is 1.23. The van der Waals surface area contributed by atoms with Gasteiger partial charge in [0.05, 0.1) is 13.2 Å². The van der Waals surface area contributed by atoms with Gasteiger partial charge in [-0.15, -0.1) is 0 Å². The van der Waals surface area contributed by atoms with E-state index in [2.05, 4.69) is 10.6 Å². The molecule has 1 aliphatic rings. The Morgan fingerprint density at radius 3 is 2.79 bits per heavy atom. The van der Waals surface area contributed by atoms with Gasteiger partial charge in [-0.25, -0.2) is 0 Å². The molecule has 2 N–H and O–H groups in total. The molecule has 0 spiro atoms. The Labute approximate surface area is 85.4 Å². The molecule has 1 amide bonds. The van der Waals surface area contributed by atoms with Crippen LogP contribution in [0.4, 0.5) is 0 Å². The van der Waals surface area contributed by atoms with Gasteiger partial charge in [0.1, 0.15) is 0 Å². The van der Waals surface area contributed by atoms with E-state index in [4.69, 9.17) is 4.74 Å². The number of carbonyl (C=O) groups is 1. The molecule has 0 saturated carbocycles. The van der Waals surface area contributed by atoms with Gasteiger partial charge >= 0.3 is 0 Å². The molecule has 1 aliphatic heterocycles. The molecule has 4 heteroatoms. The zero-order chi connectivity index (χ0) is 10.6. The molecular formula is C10H20N2O2. The van der Waals surface area contributed by atoms with E-state index in [0.29, 0.717) is 13.2 Å². The van der Waals surface area contributed by atoms with Crippen molar-refractivity contribution in [3.8, 4) is 0 Å². The zero-order valence-electron chi connectivity index (χ0n) is 9.22. The van der Waals surface area contributed by atoms with Crippen molar-refractivity contribution in [2.24, 2.45) is 5.41 Å². The van der Waals surface area contributed by atoms with Gasteiger partial charge in [-0.05, 0) is 0 Å². The van der Waals surface area contributed by atoms with E-state index >= 15 is 0 Å². The molecule has 0 aromatic rings. The lowest BCUT2D eigenvalue weighted by atomic mass is 9.95. The smallest absolute Gasteiger partial charge is 0.225 e. The average Bonchev–Trinajstić information content (AvgIpc) is 2.14. The normalized spacial score (nSPS) is 23.2. The summed E-state index contributed by atoms with van der Waals surface area (Å²) in [6.45, 7) is 8.70. The van der Waals surface area contributed by atoms with Crippen LogP contribution in [-0.4, -0.2) is 38.3 Å². The Bertz CT molecular complexity index is 193. The summed E-state index contributed by atoms with van der Waals surface area (Å²) in [5.74, 6) is 0.0878. The number of morpholine rings is 1. The van der Waals surface area contributed by atoms with Crippen LogP contribution in [0.5, 0.6) is 0 Å². The molecule has 0 radical (unpaired) electrons. The van der Waals surface area contributed by atoms with Crippen molar-refractivity contribution < 1.29 is 9.53 Å². The highest BCUT2D eigenvalue weighted by molar-refractivity contribution is 5.81. The molecule has 1 atom stereocenters. The van der Waals surface area contributed by atoms with E-state index in [9.17, 15) is 4.79 Å². The minimum absolute atomic E-state index is 0.0878. The van der Waals surface area contributed by atoms with Crippen molar-refractivity contribution in [1.29, 1.82) is 0 Å². The lowest BCUT2D eigenvalue weighted by Crippen LogP contribution is -2.49. The molecule has 14 heavy (non-hydrogen) atoms. The first-order valence-electron chi connectivity index (χ1n) is 5.09. The minimum Gasteiger partial charge on any atom is -0.378 e. The monoisotopic (exact) mass is 200 g/mol. The predicted molar refractivity (Wildman–Crippen MR) is 55.1 cm³/mol. The molecule has 1 heterocycles. The Morgan fingerprint density at radius 1 is 1.57 bits per heavy atom. The van der Waals surface area contributed by atoms with Gasteiger partial charge in [0.25, 0.3) is 0 Å². The van der Waals surface area contributed by atoms with E-state index in [-0.39, 0.29) is 17.4 Å². The molecule has 0 aliphatic carbocycles. The van der Waals surface area contributed by atoms with Crippen molar-refractivity contribution in [1.82, 2.24) is 10.6 Å². The Morgan fingerprint density at radius 2 is 2.29 bits per heavy atom. The number of carbonyl (C=O) groups excluding carboxylic acids is 1. The molecule has 1 rings (SSSR count). The molecule has 0 bridgehead atoms. The lowest BCUT2D eigenvalue weighted by molar-refractivity contribution is -0.128. The van der Waals surface area contributed by atoms with E-state index < -0.39 is 0 Å². The highest BCUT2D eigenvalue weighted by Gasteiger charge is 2.22. The summed E-state index contributed by atoms with van der Waals surface area (Å²) in [5.41, 5.74) is -0.310. The second-order valence-corrected chi connectivity index (χ2v) is 4.69. The summed E-state index contributed by atoms with van der Waals surface area (Å²) in [6, 6.07) is 0.259. The van der Waals surface area contributed by atoms with Gasteiger partial charge < -0.3 is 15.4 Å². The quantitative estimate of drug-likeness (QED) is 0.666. The summed E-state index contributed by atoms with van der Waals surface area (Å²) in [6.07, 6.45) is 0. The molecule has 4 nitrogen and oxygen atoms in total. The number of hydrogen-bond donors (Lipinski definition) is 2. The maximum atomic E-state index is 11.5. The lowest BCUT2D eigenvalue weighted by Gasteiger charge is -2.25. The van der Waals surface area contributed by atoms with Crippen LogP contribution in [-0.2, 0) is 9.53 Å². The van der Waals surface area contributed by atoms with Crippen molar-refractivity contribution in [2.45, 2.75) is 26.8 Å². The number of rotatable bonds is 2. The van der Waals surface area contributed by atoms with Gasteiger partial charge in [-0.1, -0.05) is 20.8 Å². The number of nitrogens with one attached hydrogen (secondary N) is 2. The second-order valence-electron chi connectivity index (χ2n) is 4.69. The third-order valence-electron chi connectivity index (χ3n) is 2.19. The van der Waals surface area contributed by atoms with Gasteiger partial charge in [0, 0.05) is 24.5 Å². The maximum Gasteiger partial charge on any atom is 0.225 e. The van der Waals surface area contributed by atoms with E-state index in [1.54, 1.807) is 0 Å². The standard InChI is InChI=1S/C10H20N2O2/c1-10(2,3)9(13)12-6-8-7-14-5-4-11-8/h8,11H,4-7H2,1-3H3,(H,12,13). The van der Waals surface area contributed by atoms with Gasteiger partial charge in [0.15, 0.2) is 0 Å². The molecule has 0 aromatic heterocycles. The number of hydrogen-bond acceptors (Lipinski definition) is 3. The number of amides is 1. The van der Waals surface area contributed by atoms with Crippen LogP contribution >= 0.6 is 0 Å². The van der Waals surface area contributed by atoms with Crippen molar-refractivity contribution >= 4 is 5.91 Å². The molecule has 1 unspecified atom stereocenters. The Kier molecular flexibility index (Phi) is 3.89. The van der Waals surface area contributed by atoms with Crippen LogP contribution in [0.1, 0.15) is 20.8 Å². The molecular weight excluding hydrogens is 180 g/mol. The first kappa shape index (κ1) is 11.5. The van der Waals surface area contributed by atoms with Gasteiger partial charge in [0.2, 0.25) is 5.91 Å². The Hall–Kier alpha value is -0.610. The second kappa shape index (κ2) is 4.75. The third-order valence-corrected chi connectivity index (χ3v) is 2.19. The van der Waals surface area contributed by atoms with Crippen molar-refractivity contribution in [2.75, 3.05) is 26.3 Å². The average molecular weight is 200 g/mol. The number of ether oxygens (including phenoxy) is 1. The zero-order valence-corrected chi connectivity index (χ0v) is 9.22. The van der Waals surface area contributed by atoms with Crippen LogP contribution in [0, 0.1) is 5.41 Å². The fraction of sp³-hybridized carbons (Fsp3) is 0.900. The summed E-state index contributed by atoms with van der Waals surface area (Å²) in [5, 5.41) is 6.20. The third kappa shape index (κ3) is 3.64. The largest absolute Gasteiger partial charge is 0.378 e. The fourth-order valence-corrected chi connectivity index (χ4v) is 1.23. The van der Waals surface area contributed by atoms with Gasteiger partial charge in [-0.3, -0.25) is 4.79 Å². The van der Waals surface area contributed by atoms with Crippen LogP contribution in [0.25, 0.3) is 0 Å². The summed E-state index contributed by atoms with van der Waals surface area (Å²) < 4.78 is 5.29. The highest BCUT2D eigenvalue weighted by atomic mass is 16.5. The van der Waals surface area contributed by atoms with Crippen LogP contribution in [0.2, 0.25) is 0 Å². The SMILES string of the molecule is CC(C)(C)C(=O)NCC1COCCN1. The Balaban J connectivity index is 2.22. The minimum atomic E-state index is -0.310. The summed E-state index contributed by atoms with van der Waals surface area (Å²) in [7, 11) is 0. The van der Waals surface area contributed by atoms with Crippen molar-refractivity contribution in [3.05, 3.63) is 0 Å². The molecule has 82 valence electrons. The summed E-state index contributed by atoms with van der Waals surface area (Å²) in [4.78, 5) is 11.5. The molecule has 0 aromatic carbocycles. The van der Waals surface area contributed by atoms with E-state index in [1.165, 1.54) is 0 Å². The van der Waals surface area contributed by atoms with Crippen LogP contribution in [0.15, 0.2) is 0 Å². The highest BCUT2D eigenvalue weighted by Crippen LogP contribution is 2.12. The first-order valence-corrected chi connectivity index (χ1v) is 5.09. The van der Waals surface area contributed by atoms with Crippen molar-refractivity contribution in [3.63, 3.8) is 0 Å². The van der Waals surface area contributed by atoms with E-state index in [1.807, 2.05) is 20.8 Å². The summed E-state index contributed by atoms with van der Waals surface area (Å²) >= 11 is 0. The predicted octanol–water partition coefficient (Wildman–Crippen LogP) is 0.137. The molecule has 1 fully saturated rings. The van der Waals surface area contributed by atoms with Gasteiger partial charge in [-0.2, -0.15) is 0 Å². The topological polar surface area (TPSA) is 50.4 Å². The van der Waals surface area contributed by atoms with Crippen LogP contribution in [0.3, 0.4) is 0 Å². The van der Waals surface area contributed by atoms with Crippen LogP contribution < -0.4 is 10.6 Å². The molecule has 1 saturated heterocycles.